The van der Waals surface area contributed by atoms with Gasteiger partial charge in [0.15, 0.2) is 0 Å². The topological polar surface area (TPSA) is 55.8 Å². The van der Waals surface area contributed by atoms with Gasteiger partial charge in [-0.15, -0.1) is 0 Å². The van der Waals surface area contributed by atoms with Gasteiger partial charge < -0.3 is 15.3 Å². The molecule has 1 aliphatic heterocycles. The fourth-order valence-corrected chi connectivity index (χ4v) is 2.33. The minimum Gasteiger partial charge on any atom is -0.481 e. The van der Waals surface area contributed by atoms with Gasteiger partial charge in [-0.1, -0.05) is 6.92 Å². The summed E-state index contributed by atoms with van der Waals surface area (Å²) in [5.41, 5.74) is -0.155. The van der Waals surface area contributed by atoms with Crippen LogP contribution in [-0.2, 0) is 4.79 Å². The number of carboxylic acids is 1. The lowest BCUT2D eigenvalue weighted by Gasteiger charge is -2.50. The Morgan fingerprint density at radius 3 is 2.29 bits per heavy atom. The second-order valence-electron chi connectivity index (χ2n) is 5.19. The second kappa shape index (κ2) is 6.33. The fourth-order valence-electron chi connectivity index (χ4n) is 2.33. The van der Waals surface area contributed by atoms with Crippen molar-refractivity contribution >= 4 is 5.97 Å². The molecule has 5 nitrogen and oxygen atoms in total. The van der Waals surface area contributed by atoms with E-state index in [0.717, 1.165) is 39.1 Å². The maximum absolute atomic E-state index is 11.0. The van der Waals surface area contributed by atoms with E-state index in [1.54, 1.807) is 0 Å². The number of rotatable bonds is 8. The van der Waals surface area contributed by atoms with Gasteiger partial charge in [-0.25, -0.2) is 0 Å². The molecule has 17 heavy (non-hydrogen) atoms. The third kappa shape index (κ3) is 3.94. The first-order chi connectivity index (χ1) is 8.00. The van der Waals surface area contributed by atoms with Gasteiger partial charge in [0.1, 0.15) is 0 Å². The Labute approximate surface area is 104 Å². The summed E-state index contributed by atoms with van der Waals surface area (Å²) < 4.78 is 0. The van der Waals surface area contributed by atoms with Crippen LogP contribution in [0.5, 0.6) is 0 Å². The molecule has 0 aromatic carbocycles. The molecule has 0 spiro atoms. The van der Waals surface area contributed by atoms with Gasteiger partial charge in [0.25, 0.3) is 0 Å². The van der Waals surface area contributed by atoms with Gasteiger partial charge in [-0.2, -0.15) is 0 Å². The van der Waals surface area contributed by atoms with Crippen LogP contribution in [-0.4, -0.2) is 73.2 Å². The van der Waals surface area contributed by atoms with Gasteiger partial charge in [-0.3, -0.25) is 9.69 Å². The fraction of sp³-hybridized carbons (Fsp3) is 0.917. The first kappa shape index (κ1) is 14.4. The van der Waals surface area contributed by atoms with Gasteiger partial charge in [0.05, 0.1) is 12.0 Å². The second-order valence-corrected chi connectivity index (χ2v) is 5.19. The summed E-state index contributed by atoms with van der Waals surface area (Å²) in [6.45, 7) is 6.63. The predicted molar refractivity (Wildman–Crippen MR) is 68.3 cm³/mol. The van der Waals surface area contributed by atoms with Crippen LogP contribution in [0.25, 0.3) is 0 Å². The Morgan fingerprint density at radius 2 is 1.94 bits per heavy atom. The minimum atomic E-state index is -0.697. The molecule has 5 heteroatoms. The highest BCUT2D eigenvalue weighted by molar-refractivity contribution is 5.68. The molecule has 1 saturated heterocycles. The number of carbonyl (C=O) groups is 1. The minimum absolute atomic E-state index is 0.155. The van der Waals surface area contributed by atoms with E-state index in [9.17, 15) is 4.79 Å². The molecule has 0 unspecified atom stereocenters. The van der Waals surface area contributed by atoms with E-state index in [1.165, 1.54) is 0 Å². The summed E-state index contributed by atoms with van der Waals surface area (Å²) in [5, 5.41) is 12.3. The number of aliphatic carboxylic acids is 1. The molecule has 0 atom stereocenters. The molecule has 100 valence electrons. The number of likely N-dealkylation sites (N-methyl/N-ethyl adjacent to an activating group) is 1. The molecular weight excluding hydrogens is 218 g/mol. The van der Waals surface area contributed by atoms with Crippen molar-refractivity contribution in [1.29, 1.82) is 0 Å². The van der Waals surface area contributed by atoms with Crippen molar-refractivity contribution < 1.29 is 9.90 Å². The Hall–Kier alpha value is -0.650. The molecule has 0 radical (unpaired) electrons. The molecule has 1 fully saturated rings. The Kier molecular flexibility index (Phi) is 5.36. The van der Waals surface area contributed by atoms with E-state index in [-0.39, 0.29) is 12.0 Å². The number of nitrogens with zero attached hydrogens (tertiary/aromatic N) is 2. The highest BCUT2D eigenvalue weighted by Crippen LogP contribution is 2.25. The van der Waals surface area contributed by atoms with Crippen molar-refractivity contribution in [1.82, 2.24) is 15.1 Å². The first-order valence-electron chi connectivity index (χ1n) is 6.32. The summed E-state index contributed by atoms with van der Waals surface area (Å²) in [7, 11) is 4.10. The van der Waals surface area contributed by atoms with Crippen molar-refractivity contribution in [3.63, 3.8) is 0 Å². The SMILES string of the molecule is CCCN(CCN(C)C)C1(CC(=O)O)CNC1. The molecule has 1 heterocycles. The van der Waals surface area contributed by atoms with Crippen molar-refractivity contribution in [3.8, 4) is 0 Å². The average Bonchev–Trinajstić information content (AvgIpc) is 2.18. The lowest BCUT2D eigenvalue weighted by Crippen LogP contribution is -2.70. The van der Waals surface area contributed by atoms with Crippen LogP contribution in [0.2, 0.25) is 0 Å². The lowest BCUT2D eigenvalue weighted by atomic mass is 9.86. The maximum atomic E-state index is 11.0. The van der Waals surface area contributed by atoms with E-state index in [4.69, 9.17) is 5.11 Å². The zero-order valence-electron chi connectivity index (χ0n) is 11.2. The quantitative estimate of drug-likeness (QED) is 0.632. The van der Waals surface area contributed by atoms with E-state index in [0.29, 0.717) is 0 Å². The predicted octanol–water partition coefficient (Wildman–Crippen LogP) is 0.0767. The highest BCUT2D eigenvalue weighted by atomic mass is 16.4. The van der Waals surface area contributed by atoms with Crippen LogP contribution in [0.15, 0.2) is 0 Å². The molecule has 0 amide bonds. The summed E-state index contributed by atoms with van der Waals surface area (Å²) in [6.07, 6.45) is 1.31. The monoisotopic (exact) mass is 243 g/mol. The van der Waals surface area contributed by atoms with Crippen LogP contribution < -0.4 is 5.32 Å². The van der Waals surface area contributed by atoms with Gasteiger partial charge in [0.2, 0.25) is 0 Å². The molecule has 2 N–H and O–H groups in total. The Bertz CT molecular complexity index is 252. The first-order valence-corrected chi connectivity index (χ1v) is 6.32. The molecule has 1 rings (SSSR count). The van der Waals surface area contributed by atoms with Gasteiger partial charge in [0, 0.05) is 26.2 Å². The summed E-state index contributed by atoms with van der Waals surface area (Å²) in [4.78, 5) is 15.5. The molecule has 0 aliphatic carbocycles. The van der Waals surface area contributed by atoms with Gasteiger partial charge in [-0.05, 0) is 27.1 Å². The van der Waals surface area contributed by atoms with Crippen LogP contribution in [0.4, 0.5) is 0 Å². The smallest absolute Gasteiger partial charge is 0.305 e. The average molecular weight is 243 g/mol. The molecular formula is C12H25N3O2. The molecule has 0 aromatic heterocycles. The standard InChI is InChI=1S/C12H25N3O2/c1-4-5-15(7-6-14(2)3)12(8-11(16)17)9-13-10-12/h13H,4-10H2,1-3H3,(H,16,17). The Balaban J connectivity index is 2.61. The van der Waals surface area contributed by atoms with E-state index in [2.05, 4.69) is 22.0 Å². The van der Waals surface area contributed by atoms with Crippen molar-refractivity contribution in [2.24, 2.45) is 0 Å². The summed E-state index contributed by atoms with van der Waals surface area (Å²) >= 11 is 0. The largest absolute Gasteiger partial charge is 0.481 e. The molecule has 0 aromatic rings. The van der Waals surface area contributed by atoms with Gasteiger partial charge >= 0.3 is 5.97 Å². The zero-order valence-corrected chi connectivity index (χ0v) is 11.2. The zero-order chi connectivity index (χ0) is 12.9. The van der Waals surface area contributed by atoms with Crippen molar-refractivity contribution in [2.45, 2.75) is 25.3 Å². The number of carboxylic acid groups (broad SMARTS) is 1. The molecule has 0 bridgehead atoms. The molecule has 0 saturated carbocycles. The normalized spacial score (nSPS) is 18.4. The van der Waals surface area contributed by atoms with E-state index >= 15 is 0 Å². The van der Waals surface area contributed by atoms with E-state index < -0.39 is 5.97 Å². The highest BCUT2D eigenvalue weighted by Gasteiger charge is 2.43. The van der Waals surface area contributed by atoms with Crippen LogP contribution >= 0.6 is 0 Å². The third-order valence-electron chi connectivity index (χ3n) is 3.37. The number of hydrogen-bond acceptors (Lipinski definition) is 4. The summed E-state index contributed by atoms with van der Waals surface area (Å²) in [6, 6.07) is 0. The van der Waals surface area contributed by atoms with Crippen LogP contribution in [0.1, 0.15) is 19.8 Å². The van der Waals surface area contributed by atoms with E-state index in [1.807, 2.05) is 14.1 Å². The number of nitrogens with one attached hydrogen (secondary N) is 1. The summed E-state index contributed by atoms with van der Waals surface area (Å²) in [5.74, 6) is -0.697. The molecule has 1 aliphatic rings. The van der Waals surface area contributed by atoms with Crippen LogP contribution in [0, 0.1) is 0 Å². The Morgan fingerprint density at radius 1 is 1.29 bits per heavy atom. The maximum Gasteiger partial charge on any atom is 0.305 e. The third-order valence-corrected chi connectivity index (χ3v) is 3.37. The van der Waals surface area contributed by atoms with Crippen molar-refractivity contribution in [2.75, 3.05) is 46.8 Å². The van der Waals surface area contributed by atoms with Crippen LogP contribution in [0.3, 0.4) is 0 Å². The van der Waals surface area contributed by atoms with Crippen molar-refractivity contribution in [3.05, 3.63) is 0 Å². The number of hydrogen-bond donors (Lipinski definition) is 2. The lowest BCUT2D eigenvalue weighted by molar-refractivity contribution is -0.142.